The quantitative estimate of drug-likeness (QED) is 0.230. The van der Waals surface area contributed by atoms with E-state index in [0.29, 0.717) is 42.0 Å². The molecule has 1 saturated heterocycles. The van der Waals surface area contributed by atoms with Gasteiger partial charge in [-0.2, -0.15) is 0 Å². The number of benzene rings is 2. The fraction of sp³-hybridized carbons (Fsp3) is 0.250. The predicted molar refractivity (Wildman–Crippen MR) is 158 cm³/mol. The molecule has 41 heavy (non-hydrogen) atoms. The van der Waals surface area contributed by atoms with Crippen molar-refractivity contribution in [2.75, 3.05) is 20.2 Å². The number of piperidine rings is 1. The first-order chi connectivity index (χ1) is 19.8. The van der Waals surface area contributed by atoms with Gasteiger partial charge in [0.25, 0.3) is 10.0 Å². The summed E-state index contributed by atoms with van der Waals surface area (Å²) in [6.07, 6.45) is 5.76. The zero-order valence-corrected chi connectivity index (χ0v) is 23.8. The molecule has 210 valence electrons. The summed E-state index contributed by atoms with van der Waals surface area (Å²) in [5, 5.41) is 0.691. The minimum Gasteiger partial charge on any atom is -0.481 e. The number of rotatable bonds is 7. The molecule has 4 heterocycles. The maximum atomic E-state index is 13.8. The van der Waals surface area contributed by atoms with Crippen molar-refractivity contribution in [3.63, 3.8) is 0 Å². The summed E-state index contributed by atoms with van der Waals surface area (Å²) in [6.45, 7) is 4.02. The maximum Gasteiger partial charge on any atom is 0.269 e. The van der Waals surface area contributed by atoms with E-state index in [2.05, 4.69) is 27.0 Å². The number of hydrogen-bond donors (Lipinski definition) is 0. The molecule has 1 aliphatic rings. The fourth-order valence-corrected chi connectivity index (χ4v) is 6.66. The third-order valence-electron chi connectivity index (χ3n) is 7.59. The van der Waals surface area contributed by atoms with Crippen molar-refractivity contribution in [2.24, 2.45) is 0 Å². The summed E-state index contributed by atoms with van der Waals surface area (Å²) in [6, 6.07) is 20.5. The second-order valence-corrected chi connectivity index (χ2v) is 12.3. The van der Waals surface area contributed by atoms with E-state index in [0.717, 1.165) is 40.8 Å². The molecule has 1 atom stereocenters. The molecular formula is C32H31FN4O3S. The Morgan fingerprint density at radius 2 is 1.68 bits per heavy atom. The predicted octanol–water partition coefficient (Wildman–Crippen LogP) is 6.25. The van der Waals surface area contributed by atoms with Crippen molar-refractivity contribution in [1.29, 1.82) is 0 Å². The van der Waals surface area contributed by atoms with Crippen LogP contribution in [0.4, 0.5) is 4.39 Å². The van der Waals surface area contributed by atoms with Crippen LogP contribution in [0.5, 0.6) is 5.88 Å². The summed E-state index contributed by atoms with van der Waals surface area (Å²) >= 11 is 0. The average molecular weight is 571 g/mol. The highest BCUT2D eigenvalue weighted by Crippen LogP contribution is 2.35. The standard InChI is InChI=1S/C32H31FN4O3S/c1-22-5-12-28(13-6-22)41(38,39)37-21-30(25-11-14-31(40-2)34-17-25)29-16-26(18-35-32(29)37)24-9-7-23(8-10-24)19-36-15-3-4-27(33)20-36/h5-14,16-18,21,27H,3-4,15,19-20H2,1-2H3. The first kappa shape index (κ1) is 27.1. The Balaban J connectivity index is 1.40. The van der Waals surface area contributed by atoms with E-state index in [1.807, 2.05) is 31.2 Å². The van der Waals surface area contributed by atoms with E-state index >= 15 is 0 Å². The van der Waals surface area contributed by atoms with Crippen molar-refractivity contribution in [1.82, 2.24) is 18.8 Å². The Morgan fingerprint density at radius 1 is 0.951 bits per heavy atom. The molecule has 5 aromatic rings. The number of aromatic nitrogens is 3. The van der Waals surface area contributed by atoms with E-state index < -0.39 is 16.2 Å². The largest absolute Gasteiger partial charge is 0.481 e. The van der Waals surface area contributed by atoms with Crippen LogP contribution in [0.3, 0.4) is 0 Å². The number of halogens is 1. The number of aryl methyl sites for hydroxylation is 1. The van der Waals surface area contributed by atoms with Crippen molar-refractivity contribution in [3.05, 3.63) is 96.4 Å². The average Bonchev–Trinajstić information content (AvgIpc) is 3.38. The monoisotopic (exact) mass is 570 g/mol. The highest BCUT2D eigenvalue weighted by Gasteiger charge is 2.24. The SMILES string of the molecule is COc1ccc(-c2cn(S(=O)(=O)c3ccc(C)cc3)c3ncc(-c4ccc(CN5CCCC(F)C5)cc4)cc23)cn1. The minimum absolute atomic E-state index is 0.189. The van der Waals surface area contributed by atoms with Gasteiger partial charge in [0.15, 0.2) is 5.65 Å². The normalized spacial score (nSPS) is 16.2. The van der Waals surface area contributed by atoms with Crippen molar-refractivity contribution in [2.45, 2.75) is 37.4 Å². The number of nitrogens with zero attached hydrogens (tertiary/aromatic N) is 4. The third-order valence-corrected chi connectivity index (χ3v) is 9.25. The topological polar surface area (TPSA) is 77.3 Å². The molecule has 2 aromatic carbocycles. The lowest BCUT2D eigenvalue weighted by Crippen LogP contribution is -2.35. The molecule has 0 bridgehead atoms. The Hall–Kier alpha value is -4.08. The molecule has 0 radical (unpaired) electrons. The van der Waals surface area contributed by atoms with Crippen LogP contribution in [-0.2, 0) is 16.6 Å². The second-order valence-electron chi connectivity index (χ2n) is 10.5. The minimum atomic E-state index is -3.91. The Kier molecular flexibility index (Phi) is 7.32. The van der Waals surface area contributed by atoms with Gasteiger partial charge in [0.1, 0.15) is 6.17 Å². The lowest BCUT2D eigenvalue weighted by molar-refractivity contribution is 0.133. The van der Waals surface area contributed by atoms with Gasteiger partial charge in [-0.3, -0.25) is 4.90 Å². The van der Waals surface area contributed by atoms with E-state index in [-0.39, 0.29) is 4.90 Å². The smallest absolute Gasteiger partial charge is 0.269 e. The Labute approximate surface area is 239 Å². The molecule has 0 N–H and O–H groups in total. The van der Waals surface area contributed by atoms with Crippen LogP contribution >= 0.6 is 0 Å². The van der Waals surface area contributed by atoms with Gasteiger partial charge in [-0.25, -0.2) is 26.7 Å². The molecule has 1 unspecified atom stereocenters. The van der Waals surface area contributed by atoms with Gasteiger partial charge in [0, 0.05) is 59.8 Å². The van der Waals surface area contributed by atoms with Gasteiger partial charge in [-0.05, 0) is 61.7 Å². The lowest BCUT2D eigenvalue weighted by Gasteiger charge is -2.28. The molecule has 0 aliphatic carbocycles. The molecule has 6 rings (SSSR count). The van der Waals surface area contributed by atoms with E-state index in [1.54, 1.807) is 56.0 Å². The van der Waals surface area contributed by atoms with Crippen molar-refractivity contribution in [3.8, 4) is 28.1 Å². The molecule has 7 nitrogen and oxygen atoms in total. The Bertz CT molecular complexity index is 1780. The lowest BCUT2D eigenvalue weighted by atomic mass is 10.0. The summed E-state index contributed by atoms with van der Waals surface area (Å²) in [7, 11) is -2.36. The van der Waals surface area contributed by atoms with Crippen molar-refractivity contribution >= 4 is 21.1 Å². The van der Waals surface area contributed by atoms with E-state index in [4.69, 9.17) is 4.74 Å². The first-order valence-electron chi connectivity index (χ1n) is 13.6. The van der Waals surface area contributed by atoms with Gasteiger partial charge in [-0.15, -0.1) is 0 Å². The molecule has 0 spiro atoms. The van der Waals surface area contributed by atoms with Crippen LogP contribution in [0.2, 0.25) is 0 Å². The fourth-order valence-electron chi connectivity index (χ4n) is 5.34. The van der Waals surface area contributed by atoms with Crippen LogP contribution < -0.4 is 4.74 Å². The van der Waals surface area contributed by atoms with Crippen LogP contribution in [0.15, 0.2) is 90.2 Å². The summed E-state index contributed by atoms with van der Waals surface area (Å²) in [4.78, 5) is 11.3. The number of fused-ring (bicyclic) bond motifs is 1. The zero-order chi connectivity index (χ0) is 28.6. The van der Waals surface area contributed by atoms with Gasteiger partial charge in [-0.1, -0.05) is 42.0 Å². The number of hydrogen-bond acceptors (Lipinski definition) is 6. The van der Waals surface area contributed by atoms with E-state index in [9.17, 15) is 12.8 Å². The number of alkyl halides is 1. The molecule has 3 aromatic heterocycles. The highest BCUT2D eigenvalue weighted by molar-refractivity contribution is 7.90. The number of ether oxygens (including phenoxy) is 1. The van der Waals surface area contributed by atoms with Crippen molar-refractivity contribution < 1.29 is 17.5 Å². The summed E-state index contributed by atoms with van der Waals surface area (Å²) in [5.41, 5.74) is 5.69. The Morgan fingerprint density at radius 3 is 2.37 bits per heavy atom. The van der Waals surface area contributed by atoms with E-state index in [1.165, 1.54) is 3.97 Å². The summed E-state index contributed by atoms with van der Waals surface area (Å²) < 4.78 is 47.8. The van der Waals surface area contributed by atoms with Crippen LogP contribution in [0.1, 0.15) is 24.0 Å². The molecule has 1 fully saturated rings. The van der Waals surface area contributed by atoms with Crippen LogP contribution in [0.25, 0.3) is 33.3 Å². The van der Waals surface area contributed by atoms with Gasteiger partial charge in [0.05, 0.1) is 12.0 Å². The first-order valence-corrected chi connectivity index (χ1v) is 15.1. The van der Waals surface area contributed by atoms with Gasteiger partial charge >= 0.3 is 0 Å². The number of likely N-dealkylation sites (tertiary alicyclic amines) is 1. The second kappa shape index (κ2) is 11.1. The molecular weight excluding hydrogens is 539 g/mol. The molecule has 0 saturated carbocycles. The van der Waals surface area contributed by atoms with Gasteiger partial charge in [0.2, 0.25) is 5.88 Å². The van der Waals surface area contributed by atoms with Gasteiger partial charge < -0.3 is 4.74 Å². The van der Waals surface area contributed by atoms with Crippen LogP contribution in [-0.4, -0.2) is 53.6 Å². The number of methoxy groups -OCH3 is 1. The molecule has 9 heteroatoms. The van der Waals surface area contributed by atoms with Crippen LogP contribution in [0, 0.1) is 6.92 Å². The maximum absolute atomic E-state index is 13.8. The summed E-state index contributed by atoms with van der Waals surface area (Å²) in [5.74, 6) is 0.468. The number of pyridine rings is 2. The molecule has 0 amide bonds. The third kappa shape index (κ3) is 5.47. The highest BCUT2D eigenvalue weighted by atomic mass is 32.2. The zero-order valence-electron chi connectivity index (χ0n) is 23.0. The molecule has 1 aliphatic heterocycles.